The first-order chi connectivity index (χ1) is 20.5. The minimum Gasteiger partial charge on any atom is -0.491 e. The molecule has 0 spiro atoms. The normalized spacial score (nSPS) is 23.3. The van der Waals surface area contributed by atoms with Crippen LogP contribution in [0.25, 0.3) is 0 Å². The summed E-state index contributed by atoms with van der Waals surface area (Å²) in [5.74, 6) is -0.143. The summed E-state index contributed by atoms with van der Waals surface area (Å²) in [4.78, 5) is 23.3. The highest BCUT2D eigenvalue weighted by Crippen LogP contribution is 2.40. The molecule has 12 heteroatoms. The van der Waals surface area contributed by atoms with Crippen LogP contribution in [0.1, 0.15) is 5.56 Å². The monoisotopic (exact) mass is 615 g/mol. The van der Waals surface area contributed by atoms with E-state index in [1.165, 1.54) is 0 Å². The fourth-order valence-corrected chi connectivity index (χ4v) is 6.13. The molecule has 1 amide bonds. The smallest absolute Gasteiger partial charge is 0.236 e. The third kappa shape index (κ3) is 6.85. The number of carbonyl (C=O) groups is 1. The van der Waals surface area contributed by atoms with Crippen LogP contribution in [-0.4, -0.2) is 104 Å². The number of imidazole rings is 1. The Hall–Kier alpha value is -2.86. The SMILES string of the molecule is O=C(CN1CCOCC1)N1CCN(c2ccc(OCC3COC(Cn4ccnc4)(c4ccc(Cl)cc4Cl)O3)cc2)CC1. The van der Waals surface area contributed by atoms with Crippen molar-refractivity contribution in [3.8, 4) is 5.75 Å². The lowest BCUT2D eigenvalue weighted by Crippen LogP contribution is -2.52. The first kappa shape index (κ1) is 29.2. The van der Waals surface area contributed by atoms with Crippen LogP contribution in [0, 0.1) is 0 Å². The number of ether oxygens (including phenoxy) is 4. The number of hydrogen-bond acceptors (Lipinski definition) is 8. The van der Waals surface area contributed by atoms with Crippen molar-refractivity contribution in [1.29, 1.82) is 0 Å². The van der Waals surface area contributed by atoms with Crippen LogP contribution in [0.15, 0.2) is 61.2 Å². The summed E-state index contributed by atoms with van der Waals surface area (Å²) in [6.07, 6.45) is 4.98. The quantitative estimate of drug-likeness (QED) is 0.362. The molecule has 1 aromatic heterocycles. The lowest BCUT2D eigenvalue weighted by atomic mass is 10.1. The van der Waals surface area contributed by atoms with Crippen LogP contribution in [0.2, 0.25) is 10.0 Å². The molecule has 3 saturated heterocycles. The number of carbonyl (C=O) groups excluding carboxylic acids is 1. The minimum atomic E-state index is -1.09. The number of amides is 1. The lowest BCUT2D eigenvalue weighted by Gasteiger charge is -2.37. The van der Waals surface area contributed by atoms with Crippen molar-refractivity contribution in [3.63, 3.8) is 0 Å². The van der Waals surface area contributed by atoms with Gasteiger partial charge in [-0.25, -0.2) is 4.98 Å². The number of benzene rings is 2. The van der Waals surface area contributed by atoms with E-state index in [-0.39, 0.29) is 12.0 Å². The summed E-state index contributed by atoms with van der Waals surface area (Å²) < 4.78 is 26.1. The topological polar surface area (TPSA) is 81.5 Å². The summed E-state index contributed by atoms with van der Waals surface area (Å²) in [6, 6.07) is 13.4. The summed E-state index contributed by atoms with van der Waals surface area (Å²) in [7, 11) is 0. The number of hydrogen-bond donors (Lipinski definition) is 0. The highest BCUT2D eigenvalue weighted by molar-refractivity contribution is 6.35. The Balaban J connectivity index is 1.01. The molecular weight excluding hydrogens is 581 g/mol. The van der Waals surface area contributed by atoms with Gasteiger partial charge in [-0.2, -0.15) is 0 Å². The number of anilines is 1. The first-order valence-electron chi connectivity index (χ1n) is 14.3. The second-order valence-electron chi connectivity index (χ2n) is 10.7. The van der Waals surface area contributed by atoms with Crippen LogP contribution in [0.5, 0.6) is 5.75 Å². The number of morpholine rings is 1. The molecule has 0 radical (unpaired) electrons. The van der Waals surface area contributed by atoms with Gasteiger partial charge in [-0.05, 0) is 36.4 Å². The fourth-order valence-electron chi connectivity index (χ4n) is 5.58. The van der Waals surface area contributed by atoms with Gasteiger partial charge in [0.25, 0.3) is 0 Å². The average Bonchev–Trinajstić information content (AvgIpc) is 3.67. The predicted octanol–water partition coefficient (Wildman–Crippen LogP) is 3.52. The zero-order valence-electron chi connectivity index (χ0n) is 23.4. The molecule has 3 aliphatic heterocycles. The molecule has 3 aromatic rings. The van der Waals surface area contributed by atoms with E-state index in [0.717, 1.165) is 50.7 Å². The van der Waals surface area contributed by atoms with Crippen LogP contribution in [-0.2, 0) is 31.3 Å². The maximum atomic E-state index is 12.7. The van der Waals surface area contributed by atoms with Gasteiger partial charge in [0.2, 0.25) is 11.7 Å². The Morgan fingerprint density at radius 3 is 2.52 bits per heavy atom. The number of nitrogens with zero attached hydrogens (tertiary/aromatic N) is 5. The van der Waals surface area contributed by atoms with Crippen molar-refractivity contribution >= 4 is 34.8 Å². The highest BCUT2D eigenvalue weighted by Gasteiger charge is 2.45. The molecule has 0 N–H and O–H groups in total. The van der Waals surface area contributed by atoms with Crippen molar-refractivity contribution < 1.29 is 23.7 Å². The van der Waals surface area contributed by atoms with Gasteiger partial charge >= 0.3 is 0 Å². The number of piperazine rings is 1. The van der Waals surface area contributed by atoms with Gasteiger partial charge in [0.1, 0.15) is 18.5 Å². The van der Waals surface area contributed by atoms with E-state index in [0.29, 0.717) is 55.1 Å². The van der Waals surface area contributed by atoms with E-state index in [1.54, 1.807) is 24.7 Å². The third-order valence-electron chi connectivity index (χ3n) is 7.88. The molecular formula is C30H35Cl2N5O5. The lowest BCUT2D eigenvalue weighted by molar-refractivity contribution is -0.189. The van der Waals surface area contributed by atoms with E-state index >= 15 is 0 Å². The number of aromatic nitrogens is 2. The number of halogens is 2. The van der Waals surface area contributed by atoms with Crippen LogP contribution >= 0.6 is 23.2 Å². The van der Waals surface area contributed by atoms with Crippen molar-refractivity contribution in [2.75, 3.05) is 77.1 Å². The second-order valence-corrected chi connectivity index (χ2v) is 11.6. The Bertz CT molecular complexity index is 1330. The Labute approximate surface area is 255 Å². The molecule has 3 fully saturated rings. The van der Waals surface area contributed by atoms with Crippen LogP contribution in [0.4, 0.5) is 5.69 Å². The van der Waals surface area contributed by atoms with Gasteiger partial charge in [0, 0.05) is 67.9 Å². The Kier molecular flexibility index (Phi) is 9.18. The first-order valence-corrected chi connectivity index (χ1v) is 15.0. The van der Waals surface area contributed by atoms with Gasteiger partial charge in [-0.15, -0.1) is 0 Å². The van der Waals surface area contributed by atoms with Gasteiger partial charge in [-0.1, -0.05) is 29.3 Å². The summed E-state index contributed by atoms with van der Waals surface area (Å²) >= 11 is 12.7. The van der Waals surface area contributed by atoms with Crippen LogP contribution < -0.4 is 9.64 Å². The maximum Gasteiger partial charge on any atom is 0.236 e. The molecule has 2 atom stereocenters. The van der Waals surface area contributed by atoms with Crippen molar-refractivity contribution in [2.45, 2.75) is 18.4 Å². The molecule has 0 aliphatic carbocycles. The molecule has 2 unspecified atom stereocenters. The summed E-state index contributed by atoms with van der Waals surface area (Å²) in [5.41, 5.74) is 1.82. The predicted molar refractivity (Wildman–Crippen MR) is 159 cm³/mol. The van der Waals surface area contributed by atoms with Crippen molar-refractivity contribution in [3.05, 3.63) is 76.8 Å². The molecule has 4 heterocycles. The molecule has 2 aromatic carbocycles. The standard InChI is InChI=1S/C30H35Cl2N5O5/c31-23-1-6-27(28(32)17-23)30(21-35-8-7-33-22-35)41-20-26(42-30)19-40-25-4-2-24(3-5-25)36-9-11-37(12-10-36)29(38)18-34-13-15-39-16-14-34/h1-8,17,22,26H,9-16,18-21H2. The molecule has 10 nitrogen and oxygen atoms in total. The number of rotatable bonds is 9. The van der Waals surface area contributed by atoms with E-state index in [1.807, 2.05) is 33.9 Å². The van der Waals surface area contributed by atoms with Gasteiger partial charge in [0.15, 0.2) is 0 Å². The summed E-state index contributed by atoms with van der Waals surface area (Å²) in [5, 5.41) is 1.02. The molecule has 6 rings (SSSR count). The molecule has 42 heavy (non-hydrogen) atoms. The van der Waals surface area contributed by atoms with Crippen molar-refractivity contribution in [2.24, 2.45) is 0 Å². The van der Waals surface area contributed by atoms with E-state index < -0.39 is 5.79 Å². The molecule has 3 aliphatic rings. The van der Waals surface area contributed by atoms with Crippen LogP contribution in [0.3, 0.4) is 0 Å². The van der Waals surface area contributed by atoms with Gasteiger partial charge < -0.3 is 33.3 Å². The molecule has 0 bridgehead atoms. The zero-order valence-corrected chi connectivity index (χ0v) is 24.9. The minimum absolute atomic E-state index is 0.200. The summed E-state index contributed by atoms with van der Waals surface area (Å²) in [6.45, 7) is 7.61. The molecule has 0 saturated carbocycles. The largest absolute Gasteiger partial charge is 0.491 e. The average molecular weight is 617 g/mol. The second kappa shape index (κ2) is 13.2. The van der Waals surface area contributed by atoms with Gasteiger partial charge in [-0.3, -0.25) is 9.69 Å². The highest BCUT2D eigenvalue weighted by atomic mass is 35.5. The maximum absolute atomic E-state index is 12.7. The third-order valence-corrected chi connectivity index (χ3v) is 8.43. The fraction of sp³-hybridized carbons (Fsp3) is 0.467. The van der Waals surface area contributed by atoms with E-state index in [9.17, 15) is 4.79 Å². The van der Waals surface area contributed by atoms with E-state index in [4.69, 9.17) is 42.1 Å². The Morgan fingerprint density at radius 1 is 1.02 bits per heavy atom. The molecule has 224 valence electrons. The van der Waals surface area contributed by atoms with Crippen molar-refractivity contribution in [1.82, 2.24) is 19.4 Å². The Morgan fingerprint density at radius 2 is 1.81 bits per heavy atom. The van der Waals surface area contributed by atoms with E-state index in [2.05, 4.69) is 26.9 Å². The zero-order chi connectivity index (χ0) is 28.9. The van der Waals surface area contributed by atoms with Gasteiger partial charge in [0.05, 0.1) is 44.3 Å².